The number of halogens is 2. The summed E-state index contributed by atoms with van der Waals surface area (Å²) in [7, 11) is 0. The summed E-state index contributed by atoms with van der Waals surface area (Å²) in [6.07, 6.45) is 4.05. The van der Waals surface area contributed by atoms with E-state index in [1.807, 2.05) is 4.68 Å². The fourth-order valence-corrected chi connectivity index (χ4v) is 2.72. The van der Waals surface area contributed by atoms with Crippen molar-refractivity contribution in [3.05, 3.63) is 46.2 Å². The fraction of sp³-hybridized carbons (Fsp3) is 0.467. The van der Waals surface area contributed by atoms with E-state index in [1.165, 1.54) is 12.3 Å². The Labute approximate surface area is 132 Å². The molecule has 2 aromatic rings. The molecule has 0 aromatic carbocycles. The molecule has 0 saturated carbocycles. The van der Waals surface area contributed by atoms with Crippen molar-refractivity contribution in [1.82, 2.24) is 20.1 Å². The van der Waals surface area contributed by atoms with Crippen LogP contribution < -0.4 is 5.32 Å². The summed E-state index contributed by atoms with van der Waals surface area (Å²) in [6, 6.07) is 3.27. The van der Waals surface area contributed by atoms with Crippen molar-refractivity contribution < 1.29 is 4.39 Å². The number of nitrogens with zero attached hydrogens (tertiary/aromatic N) is 3. The molecule has 0 spiro atoms. The number of hydrogen-bond donors (Lipinski definition) is 1. The highest BCUT2D eigenvalue weighted by Gasteiger charge is 2.23. The molecule has 114 valence electrons. The van der Waals surface area contributed by atoms with E-state index >= 15 is 0 Å². The second kappa shape index (κ2) is 7.13. The molecule has 0 saturated heterocycles. The highest BCUT2D eigenvalue weighted by Crippen LogP contribution is 2.29. The molecule has 4 nitrogen and oxygen atoms in total. The zero-order valence-corrected chi connectivity index (χ0v) is 14.1. The van der Waals surface area contributed by atoms with Crippen molar-refractivity contribution in [3.63, 3.8) is 0 Å². The monoisotopic (exact) mass is 354 g/mol. The van der Waals surface area contributed by atoms with Crippen molar-refractivity contribution in [1.29, 1.82) is 0 Å². The van der Waals surface area contributed by atoms with Crippen LogP contribution in [0.1, 0.15) is 50.7 Å². The molecular weight excluding hydrogens is 335 g/mol. The second-order valence-corrected chi connectivity index (χ2v) is 6.06. The van der Waals surface area contributed by atoms with Gasteiger partial charge in [0.25, 0.3) is 0 Å². The Kier molecular flexibility index (Phi) is 5.47. The minimum Gasteiger partial charge on any atom is -0.304 e. The van der Waals surface area contributed by atoms with Crippen molar-refractivity contribution in [2.75, 3.05) is 6.54 Å². The van der Waals surface area contributed by atoms with Crippen LogP contribution >= 0.6 is 15.9 Å². The molecule has 6 heteroatoms. The Morgan fingerprint density at radius 2 is 2.10 bits per heavy atom. The first kappa shape index (κ1) is 16.1. The average molecular weight is 355 g/mol. The summed E-state index contributed by atoms with van der Waals surface area (Å²) in [6.45, 7) is 7.12. The average Bonchev–Trinajstić information content (AvgIpc) is 2.83. The Morgan fingerprint density at radius 1 is 1.33 bits per heavy atom. The van der Waals surface area contributed by atoms with E-state index in [0.29, 0.717) is 0 Å². The van der Waals surface area contributed by atoms with Crippen LogP contribution in [0.25, 0.3) is 0 Å². The largest absolute Gasteiger partial charge is 0.304 e. The van der Waals surface area contributed by atoms with Gasteiger partial charge in [0, 0.05) is 6.04 Å². The highest BCUT2D eigenvalue weighted by atomic mass is 79.9. The Bertz CT molecular complexity index is 580. The van der Waals surface area contributed by atoms with Crippen LogP contribution in [-0.4, -0.2) is 21.3 Å². The van der Waals surface area contributed by atoms with Crippen LogP contribution in [0.4, 0.5) is 4.39 Å². The minimum absolute atomic E-state index is 0.121. The van der Waals surface area contributed by atoms with E-state index in [0.717, 1.165) is 28.8 Å². The number of rotatable bonds is 6. The lowest BCUT2D eigenvalue weighted by molar-refractivity contribution is 0.466. The van der Waals surface area contributed by atoms with Gasteiger partial charge in [-0.1, -0.05) is 6.92 Å². The van der Waals surface area contributed by atoms with Gasteiger partial charge in [0.2, 0.25) is 0 Å². The lowest BCUT2D eigenvalue weighted by Crippen LogP contribution is -2.27. The molecule has 0 aliphatic rings. The lowest BCUT2D eigenvalue weighted by Gasteiger charge is -2.22. The predicted molar refractivity (Wildman–Crippen MR) is 84.6 cm³/mol. The third-order valence-corrected chi connectivity index (χ3v) is 3.81. The van der Waals surface area contributed by atoms with Crippen molar-refractivity contribution >= 4 is 15.9 Å². The first-order chi connectivity index (χ1) is 10.0. The number of hydrogen-bond acceptors (Lipinski definition) is 3. The van der Waals surface area contributed by atoms with E-state index in [1.54, 1.807) is 12.3 Å². The van der Waals surface area contributed by atoms with E-state index in [4.69, 9.17) is 0 Å². The lowest BCUT2D eigenvalue weighted by atomic mass is 10.1. The Hall–Kier alpha value is -1.27. The fourth-order valence-electron chi connectivity index (χ4n) is 2.22. The number of aromatic nitrogens is 3. The molecule has 1 N–H and O–H groups in total. The summed E-state index contributed by atoms with van der Waals surface area (Å²) >= 11 is 3.56. The topological polar surface area (TPSA) is 42.7 Å². The van der Waals surface area contributed by atoms with Crippen molar-refractivity contribution in [2.24, 2.45) is 0 Å². The zero-order chi connectivity index (χ0) is 15.4. The van der Waals surface area contributed by atoms with Gasteiger partial charge in [-0.25, -0.2) is 4.39 Å². The molecule has 0 amide bonds. The van der Waals surface area contributed by atoms with Gasteiger partial charge >= 0.3 is 0 Å². The molecule has 0 bridgehead atoms. The van der Waals surface area contributed by atoms with Crippen LogP contribution in [0.15, 0.2) is 29.0 Å². The molecule has 2 aromatic heterocycles. The minimum atomic E-state index is -0.329. The number of nitrogens with one attached hydrogen (secondary N) is 1. The number of pyridine rings is 1. The normalized spacial score (nSPS) is 12.9. The first-order valence-corrected chi connectivity index (χ1v) is 7.91. The maximum Gasteiger partial charge on any atom is 0.141 e. The molecule has 0 radical (unpaired) electrons. The van der Waals surface area contributed by atoms with Crippen LogP contribution in [0, 0.1) is 5.82 Å². The molecule has 2 rings (SSSR count). The molecule has 2 heterocycles. The molecule has 1 unspecified atom stereocenters. The van der Waals surface area contributed by atoms with Crippen molar-refractivity contribution in [2.45, 2.75) is 39.3 Å². The maximum absolute atomic E-state index is 13.1. The van der Waals surface area contributed by atoms with E-state index < -0.39 is 0 Å². The molecule has 0 aliphatic heterocycles. The maximum atomic E-state index is 13.1. The molecular formula is C15H20BrFN4. The zero-order valence-electron chi connectivity index (χ0n) is 12.5. The summed E-state index contributed by atoms with van der Waals surface area (Å²) in [5.74, 6) is -0.329. The van der Waals surface area contributed by atoms with E-state index in [2.05, 4.69) is 52.1 Å². The van der Waals surface area contributed by atoms with Gasteiger partial charge in [-0.15, -0.1) is 0 Å². The first-order valence-electron chi connectivity index (χ1n) is 7.12. The van der Waals surface area contributed by atoms with Gasteiger partial charge in [-0.2, -0.15) is 5.10 Å². The quantitative estimate of drug-likeness (QED) is 0.856. The van der Waals surface area contributed by atoms with Gasteiger partial charge in [0.1, 0.15) is 5.82 Å². The highest BCUT2D eigenvalue weighted by molar-refractivity contribution is 9.10. The van der Waals surface area contributed by atoms with Gasteiger partial charge in [0.15, 0.2) is 0 Å². The summed E-state index contributed by atoms with van der Waals surface area (Å²) in [4.78, 5) is 4.23. The van der Waals surface area contributed by atoms with Crippen molar-refractivity contribution in [3.8, 4) is 0 Å². The van der Waals surface area contributed by atoms with Gasteiger partial charge in [0.05, 0.1) is 34.3 Å². The van der Waals surface area contributed by atoms with Gasteiger partial charge < -0.3 is 5.32 Å². The molecule has 0 fully saturated rings. The molecule has 0 aliphatic carbocycles. The standard InChI is InChI=1S/C15H20BrFN4/c1-4-7-18-14(13-6-5-11(17)8-19-13)15-12(16)9-20-21(15)10(2)3/h5-6,8-10,14,18H,4,7H2,1-3H3. The van der Waals surface area contributed by atoms with Crippen LogP contribution in [-0.2, 0) is 0 Å². The summed E-state index contributed by atoms with van der Waals surface area (Å²) in [5.41, 5.74) is 1.80. The Balaban J connectivity index is 2.45. The third-order valence-electron chi connectivity index (χ3n) is 3.19. The predicted octanol–water partition coefficient (Wildman–Crippen LogP) is 3.85. The van der Waals surface area contributed by atoms with Crippen LogP contribution in [0.3, 0.4) is 0 Å². The SMILES string of the molecule is CCCNC(c1ccc(F)cn1)c1c(Br)cnn1C(C)C. The van der Waals surface area contributed by atoms with Gasteiger partial charge in [-0.05, 0) is 54.9 Å². The van der Waals surface area contributed by atoms with Crippen LogP contribution in [0.2, 0.25) is 0 Å². The molecule has 1 atom stereocenters. The molecule has 21 heavy (non-hydrogen) atoms. The Morgan fingerprint density at radius 3 is 2.67 bits per heavy atom. The summed E-state index contributed by atoms with van der Waals surface area (Å²) < 4.78 is 16.0. The van der Waals surface area contributed by atoms with E-state index in [-0.39, 0.29) is 17.9 Å². The van der Waals surface area contributed by atoms with E-state index in [9.17, 15) is 4.39 Å². The smallest absolute Gasteiger partial charge is 0.141 e. The van der Waals surface area contributed by atoms with Crippen LogP contribution in [0.5, 0.6) is 0 Å². The third kappa shape index (κ3) is 3.68. The second-order valence-electron chi connectivity index (χ2n) is 5.20. The van der Waals surface area contributed by atoms with Gasteiger partial charge in [-0.3, -0.25) is 9.67 Å². The summed E-state index contributed by atoms with van der Waals surface area (Å²) in [5, 5.41) is 7.88.